The quantitative estimate of drug-likeness (QED) is 0.861. The minimum Gasteiger partial charge on any atom is -0.466 e. The topological polar surface area (TPSA) is 79.8 Å². The lowest BCUT2D eigenvalue weighted by Crippen LogP contribution is -2.55. The molecule has 0 aliphatic carbocycles. The van der Waals surface area contributed by atoms with E-state index in [0.29, 0.717) is 44.0 Å². The number of furan rings is 1. The SMILES string of the molecule is CCC(CC)(CN)C(=O)N1CCN(C(=O)c2cc(C)oc2C)CC1.Cl. The van der Waals surface area contributed by atoms with Crippen molar-refractivity contribution in [3.8, 4) is 0 Å². The Morgan fingerprint density at radius 2 is 1.64 bits per heavy atom. The molecule has 0 atom stereocenters. The van der Waals surface area contributed by atoms with Gasteiger partial charge in [0, 0.05) is 32.7 Å². The van der Waals surface area contributed by atoms with E-state index in [4.69, 9.17) is 10.2 Å². The largest absolute Gasteiger partial charge is 0.466 e. The number of carbonyl (C=O) groups excluding carboxylic acids is 2. The monoisotopic (exact) mass is 371 g/mol. The van der Waals surface area contributed by atoms with Crippen molar-refractivity contribution in [1.29, 1.82) is 0 Å². The van der Waals surface area contributed by atoms with Crippen LogP contribution in [0.1, 0.15) is 48.6 Å². The van der Waals surface area contributed by atoms with E-state index in [-0.39, 0.29) is 24.2 Å². The normalized spacial score (nSPS) is 15.1. The van der Waals surface area contributed by atoms with E-state index in [2.05, 4.69) is 0 Å². The predicted octanol–water partition coefficient (Wildman–Crippen LogP) is 2.37. The Morgan fingerprint density at radius 1 is 1.12 bits per heavy atom. The first-order valence-corrected chi connectivity index (χ1v) is 8.74. The molecular weight excluding hydrogens is 342 g/mol. The summed E-state index contributed by atoms with van der Waals surface area (Å²) in [5.41, 5.74) is 6.03. The van der Waals surface area contributed by atoms with Crippen LogP contribution in [-0.2, 0) is 4.79 Å². The molecule has 7 heteroatoms. The molecule has 1 fully saturated rings. The van der Waals surface area contributed by atoms with Gasteiger partial charge in [-0.1, -0.05) is 13.8 Å². The molecule has 0 unspecified atom stereocenters. The highest BCUT2D eigenvalue weighted by Crippen LogP contribution is 2.28. The van der Waals surface area contributed by atoms with Crippen LogP contribution in [0.15, 0.2) is 10.5 Å². The summed E-state index contributed by atoms with van der Waals surface area (Å²) < 4.78 is 5.45. The minimum absolute atomic E-state index is 0. The number of nitrogens with zero attached hydrogens (tertiary/aromatic N) is 2. The van der Waals surface area contributed by atoms with Gasteiger partial charge < -0.3 is 20.0 Å². The van der Waals surface area contributed by atoms with E-state index in [1.165, 1.54) is 0 Å². The number of piperazine rings is 1. The van der Waals surface area contributed by atoms with E-state index in [9.17, 15) is 9.59 Å². The lowest BCUT2D eigenvalue weighted by Gasteiger charge is -2.40. The standard InChI is InChI=1S/C18H29N3O3.ClH/c1-5-18(6-2,12-19)17(23)21-9-7-20(8-10-21)16(22)15-11-13(3)24-14(15)4;/h11H,5-10,12,19H2,1-4H3;1H. The summed E-state index contributed by atoms with van der Waals surface area (Å²) in [5.74, 6) is 1.49. The minimum atomic E-state index is -0.468. The van der Waals surface area contributed by atoms with Gasteiger partial charge in [0.25, 0.3) is 5.91 Å². The van der Waals surface area contributed by atoms with Crippen LogP contribution in [0.25, 0.3) is 0 Å². The number of aryl methyl sites for hydroxylation is 2. The van der Waals surface area contributed by atoms with Gasteiger partial charge in [-0.05, 0) is 32.8 Å². The van der Waals surface area contributed by atoms with Crippen molar-refractivity contribution in [2.75, 3.05) is 32.7 Å². The van der Waals surface area contributed by atoms with Gasteiger partial charge in [0.05, 0.1) is 11.0 Å². The first-order valence-electron chi connectivity index (χ1n) is 8.74. The van der Waals surface area contributed by atoms with Crippen LogP contribution in [0, 0.1) is 19.3 Å². The van der Waals surface area contributed by atoms with Gasteiger partial charge in [0.2, 0.25) is 5.91 Å². The van der Waals surface area contributed by atoms with Gasteiger partial charge >= 0.3 is 0 Å². The lowest BCUT2D eigenvalue weighted by molar-refractivity contribution is -0.143. The molecule has 25 heavy (non-hydrogen) atoms. The van der Waals surface area contributed by atoms with Gasteiger partial charge in [0.15, 0.2) is 0 Å². The summed E-state index contributed by atoms with van der Waals surface area (Å²) in [6.45, 7) is 10.2. The Hall–Kier alpha value is -1.53. The molecule has 1 saturated heterocycles. The van der Waals surface area contributed by atoms with Crippen LogP contribution in [0.3, 0.4) is 0 Å². The van der Waals surface area contributed by atoms with Crippen LogP contribution in [-0.4, -0.2) is 54.3 Å². The Kier molecular flexibility index (Phi) is 7.50. The average Bonchev–Trinajstić information content (AvgIpc) is 2.94. The smallest absolute Gasteiger partial charge is 0.257 e. The number of amides is 2. The van der Waals surface area contributed by atoms with E-state index < -0.39 is 5.41 Å². The Morgan fingerprint density at radius 3 is 2.04 bits per heavy atom. The molecule has 0 spiro atoms. The summed E-state index contributed by atoms with van der Waals surface area (Å²) in [4.78, 5) is 29.1. The maximum absolute atomic E-state index is 12.8. The first kappa shape index (κ1) is 21.5. The van der Waals surface area contributed by atoms with E-state index in [1.807, 2.05) is 25.7 Å². The third-order valence-corrected chi connectivity index (χ3v) is 5.32. The van der Waals surface area contributed by atoms with E-state index in [0.717, 1.165) is 18.6 Å². The van der Waals surface area contributed by atoms with Crippen molar-refractivity contribution >= 4 is 24.2 Å². The summed E-state index contributed by atoms with van der Waals surface area (Å²) >= 11 is 0. The fourth-order valence-corrected chi connectivity index (χ4v) is 3.39. The second-order valence-corrected chi connectivity index (χ2v) is 6.60. The maximum Gasteiger partial charge on any atom is 0.257 e. The van der Waals surface area contributed by atoms with Crippen LogP contribution in [0.5, 0.6) is 0 Å². The first-order chi connectivity index (χ1) is 11.4. The van der Waals surface area contributed by atoms with Gasteiger partial charge in [-0.25, -0.2) is 0 Å². The Bertz CT molecular complexity index is 594. The molecule has 2 N–H and O–H groups in total. The number of hydrogen-bond acceptors (Lipinski definition) is 4. The molecule has 1 aliphatic rings. The molecule has 1 aromatic rings. The van der Waals surface area contributed by atoms with Crippen molar-refractivity contribution in [2.45, 2.75) is 40.5 Å². The van der Waals surface area contributed by atoms with Gasteiger partial charge in [0.1, 0.15) is 11.5 Å². The van der Waals surface area contributed by atoms with E-state index >= 15 is 0 Å². The van der Waals surface area contributed by atoms with Gasteiger partial charge in [-0.2, -0.15) is 0 Å². The lowest BCUT2D eigenvalue weighted by atomic mass is 9.81. The van der Waals surface area contributed by atoms with Crippen molar-refractivity contribution in [3.05, 3.63) is 23.2 Å². The zero-order valence-electron chi connectivity index (χ0n) is 15.6. The zero-order valence-corrected chi connectivity index (χ0v) is 16.4. The second-order valence-electron chi connectivity index (χ2n) is 6.60. The third-order valence-electron chi connectivity index (χ3n) is 5.32. The predicted molar refractivity (Wildman–Crippen MR) is 100.0 cm³/mol. The van der Waals surface area contributed by atoms with Crippen LogP contribution in [0.2, 0.25) is 0 Å². The maximum atomic E-state index is 12.8. The fourth-order valence-electron chi connectivity index (χ4n) is 3.39. The molecule has 0 radical (unpaired) electrons. The Balaban J connectivity index is 0.00000312. The summed E-state index contributed by atoms with van der Waals surface area (Å²) in [6.07, 6.45) is 1.48. The zero-order chi connectivity index (χ0) is 17.9. The van der Waals surface area contributed by atoms with E-state index in [1.54, 1.807) is 17.9 Å². The molecule has 6 nitrogen and oxygen atoms in total. The number of rotatable bonds is 5. The fraction of sp³-hybridized carbons (Fsp3) is 0.667. The summed E-state index contributed by atoms with van der Waals surface area (Å²) in [5, 5.41) is 0. The number of carbonyl (C=O) groups is 2. The van der Waals surface area contributed by atoms with Crippen LogP contribution < -0.4 is 5.73 Å². The second kappa shape index (κ2) is 8.72. The highest BCUT2D eigenvalue weighted by atomic mass is 35.5. The van der Waals surface area contributed by atoms with Crippen molar-refractivity contribution in [2.24, 2.45) is 11.1 Å². The molecule has 2 amide bonds. The van der Waals surface area contributed by atoms with Crippen LogP contribution in [0.4, 0.5) is 0 Å². The number of halogens is 1. The molecule has 0 aromatic carbocycles. The molecule has 1 aliphatic heterocycles. The molecule has 2 heterocycles. The number of nitrogens with two attached hydrogens (primary N) is 1. The van der Waals surface area contributed by atoms with Crippen LogP contribution >= 0.6 is 12.4 Å². The number of hydrogen-bond donors (Lipinski definition) is 1. The highest BCUT2D eigenvalue weighted by molar-refractivity contribution is 5.95. The molecule has 0 saturated carbocycles. The van der Waals surface area contributed by atoms with Crippen molar-refractivity contribution in [1.82, 2.24) is 9.80 Å². The molecule has 142 valence electrons. The molecule has 0 bridgehead atoms. The Labute approximate surface area is 156 Å². The third kappa shape index (κ3) is 4.18. The molecule has 1 aromatic heterocycles. The molecule has 2 rings (SSSR count). The average molecular weight is 372 g/mol. The molecular formula is C18H30ClN3O3. The van der Waals surface area contributed by atoms with Gasteiger partial charge in [-0.3, -0.25) is 9.59 Å². The highest BCUT2D eigenvalue weighted by Gasteiger charge is 2.38. The van der Waals surface area contributed by atoms with Crippen molar-refractivity contribution < 1.29 is 14.0 Å². The van der Waals surface area contributed by atoms with Gasteiger partial charge in [-0.15, -0.1) is 12.4 Å². The van der Waals surface area contributed by atoms with Crippen molar-refractivity contribution in [3.63, 3.8) is 0 Å². The summed E-state index contributed by atoms with van der Waals surface area (Å²) in [6, 6.07) is 1.78. The summed E-state index contributed by atoms with van der Waals surface area (Å²) in [7, 11) is 0.